The van der Waals surface area contributed by atoms with Crippen LogP contribution in [-0.4, -0.2) is 24.3 Å². The van der Waals surface area contributed by atoms with Crippen LogP contribution in [0.25, 0.3) is 6.08 Å². The van der Waals surface area contributed by atoms with Crippen LogP contribution in [0.1, 0.15) is 22.8 Å². The van der Waals surface area contributed by atoms with E-state index in [0.29, 0.717) is 11.3 Å². The van der Waals surface area contributed by atoms with Crippen LogP contribution >= 0.6 is 11.3 Å². The summed E-state index contributed by atoms with van der Waals surface area (Å²) in [6.07, 6.45) is 2.88. The zero-order chi connectivity index (χ0) is 16.7. The lowest BCUT2D eigenvalue weighted by molar-refractivity contribution is -0.142. The van der Waals surface area contributed by atoms with Gasteiger partial charge in [-0.2, -0.15) is 11.3 Å². The number of hydrogen-bond acceptors (Lipinski definition) is 5. The standard InChI is InChI=1S/C17H15NO4S/c1-12(19)14-4-2-3-5-15(14)18-16(20)10-22-17(21)7-6-13-8-9-23-11-13/h2-9,11H,10H2,1H3,(H,18,20)/b7-6+. The van der Waals surface area contributed by atoms with E-state index < -0.39 is 18.5 Å². The van der Waals surface area contributed by atoms with Crippen molar-refractivity contribution in [3.63, 3.8) is 0 Å². The number of hydrogen-bond donors (Lipinski definition) is 1. The molecule has 23 heavy (non-hydrogen) atoms. The minimum absolute atomic E-state index is 0.156. The number of benzene rings is 1. The second-order valence-corrected chi connectivity index (χ2v) is 5.43. The number of para-hydroxylation sites is 1. The first-order valence-corrected chi connectivity index (χ1v) is 7.77. The Labute approximate surface area is 137 Å². The topological polar surface area (TPSA) is 72.5 Å². The maximum absolute atomic E-state index is 11.8. The van der Waals surface area contributed by atoms with Crippen molar-refractivity contribution in [2.24, 2.45) is 0 Å². The number of Topliss-reactive ketones (excluding diaryl/α,β-unsaturated/α-hetero) is 1. The van der Waals surface area contributed by atoms with Crippen molar-refractivity contribution in [2.45, 2.75) is 6.92 Å². The fourth-order valence-corrected chi connectivity index (χ4v) is 2.43. The van der Waals surface area contributed by atoms with Crippen LogP contribution in [-0.2, 0) is 14.3 Å². The zero-order valence-electron chi connectivity index (χ0n) is 12.4. The average molecular weight is 329 g/mol. The van der Waals surface area contributed by atoms with Gasteiger partial charge in [0.25, 0.3) is 5.91 Å². The van der Waals surface area contributed by atoms with Crippen LogP contribution in [0.2, 0.25) is 0 Å². The molecule has 5 nitrogen and oxygen atoms in total. The first-order chi connectivity index (χ1) is 11.1. The summed E-state index contributed by atoms with van der Waals surface area (Å²) in [6.45, 7) is 0.999. The summed E-state index contributed by atoms with van der Waals surface area (Å²) in [5.74, 6) is -1.27. The largest absolute Gasteiger partial charge is 0.452 e. The lowest BCUT2D eigenvalue weighted by atomic mass is 10.1. The highest BCUT2D eigenvalue weighted by molar-refractivity contribution is 7.08. The predicted octanol–water partition coefficient (Wildman–Crippen LogP) is 3.15. The van der Waals surface area contributed by atoms with E-state index >= 15 is 0 Å². The molecule has 0 saturated carbocycles. The van der Waals surface area contributed by atoms with Gasteiger partial charge in [-0.25, -0.2) is 4.79 Å². The molecule has 2 rings (SSSR count). The third-order valence-electron chi connectivity index (χ3n) is 2.88. The molecule has 6 heteroatoms. The number of anilines is 1. The Hall–Kier alpha value is -2.73. The van der Waals surface area contributed by atoms with Crippen molar-refractivity contribution >= 4 is 40.8 Å². The van der Waals surface area contributed by atoms with Gasteiger partial charge in [0.2, 0.25) is 0 Å². The summed E-state index contributed by atoms with van der Waals surface area (Å²) in [5, 5.41) is 6.34. The molecule has 1 aromatic heterocycles. The molecule has 0 atom stereocenters. The lowest BCUT2D eigenvalue weighted by Crippen LogP contribution is -2.21. The van der Waals surface area contributed by atoms with Crippen molar-refractivity contribution in [2.75, 3.05) is 11.9 Å². The highest BCUT2D eigenvalue weighted by Crippen LogP contribution is 2.15. The monoisotopic (exact) mass is 329 g/mol. The van der Waals surface area contributed by atoms with E-state index in [1.165, 1.54) is 24.3 Å². The average Bonchev–Trinajstić information content (AvgIpc) is 3.04. The summed E-state index contributed by atoms with van der Waals surface area (Å²) >= 11 is 1.52. The highest BCUT2D eigenvalue weighted by atomic mass is 32.1. The summed E-state index contributed by atoms with van der Waals surface area (Å²) < 4.78 is 4.86. The molecule has 0 radical (unpaired) electrons. The van der Waals surface area contributed by atoms with Crippen LogP contribution in [0, 0.1) is 0 Å². The number of rotatable bonds is 6. The van der Waals surface area contributed by atoms with Crippen molar-refractivity contribution < 1.29 is 19.1 Å². The molecule has 0 aliphatic heterocycles. The molecule has 1 heterocycles. The molecule has 1 amide bonds. The van der Waals surface area contributed by atoms with Crippen molar-refractivity contribution in [3.05, 3.63) is 58.3 Å². The Morgan fingerprint density at radius 3 is 2.70 bits per heavy atom. The number of thiophene rings is 1. The minimum atomic E-state index is -0.605. The molecule has 0 saturated heterocycles. The van der Waals surface area contributed by atoms with Crippen LogP contribution < -0.4 is 5.32 Å². The van der Waals surface area contributed by atoms with Crippen molar-refractivity contribution in [1.29, 1.82) is 0 Å². The highest BCUT2D eigenvalue weighted by Gasteiger charge is 2.10. The van der Waals surface area contributed by atoms with E-state index in [9.17, 15) is 14.4 Å². The summed E-state index contributed by atoms with van der Waals surface area (Å²) in [7, 11) is 0. The van der Waals surface area contributed by atoms with E-state index in [-0.39, 0.29) is 5.78 Å². The molecule has 2 aromatic rings. The maximum Gasteiger partial charge on any atom is 0.331 e. The third kappa shape index (κ3) is 5.19. The number of ketones is 1. The van der Waals surface area contributed by atoms with E-state index in [2.05, 4.69) is 5.32 Å². The van der Waals surface area contributed by atoms with Gasteiger partial charge in [0.1, 0.15) is 0 Å². The van der Waals surface area contributed by atoms with E-state index in [0.717, 1.165) is 5.56 Å². The van der Waals surface area contributed by atoms with Gasteiger partial charge in [-0.1, -0.05) is 12.1 Å². The maximum atomic E-state index is 11.8. The number of carbonyl (C=O) groups excluding carboxylic acids is 3. The smallest absolute Gasteiger partial charge is 0.331 e. The van der Waals surface area contributed by atoms with Gasteiger partial charge >= 0.3 is 5.97 Å². The number of amides is 1. The Morgan fingerprint density at radius 1 is 1.22 bits per heavy atom. The number of ether oxygens (including phenoxy) is 1. The SMILES string of the molecule is CC(=O)c1ccccc1NC(=O)COC(=O)/C=C/c1ccsc1. The van der Waals surface area contributed by atoms with E-state index in [1.807, 2.05) is 16.8 Å². The summed E-state index contributed by atoms with van der Waals surface area (Å²) in [4.78, 5) is 34.8. The van der Waals surface area contributed by atoms with Gasteiger partial charge in [-0.3, -0.25) is 9.59 Å². The molecule has 0 spiro atoms. The Morgan fingerprint density at radius 2 is 2.00 bits per heavy atom. The Kier molecular flexibility index (Phi) is 5.82. The number of carbonyl (C=O) groups is 3. The molecule has 118 valence electrons. The first kappa shape index (κ1) is 16.6. The fourth-order valence-electron chi connectivity index (χ4n) is 1.80. The van der Waals surface area contributed by atoms with Crippen molar-refractivity contribution in [3.8, 4) is 0 Å². The molecule has 0 aliphatic rings. The second-order valence-electron chi connectivity index (χ2n) is 4.65. The molecule has 0 bridgehead atoms. The molecule has 0 unspecified atom stereocenters. The van der Waals surface area contributed by atoms with Crippen molar-refractivity contribution in [1.82, 2.24) is 0 Å². The van der Waals surface area contributed by atoms with Crippen LogP contribution in [0.3, 0.4) is 0 Å². The van der Waals surface area contributed by atoms with E-state index in [1.54, 1.807) is 30.3 Å². The van der Waals surface area contributed by atoms with E-state index in [4.69, 9.17) is 4.74 Å². The minimum Gasteiger partial charge on any atom is -0.452 e. The summed E-state index contributed by atoms with van der Waals surface area (Å²) in [6, 6.07) is 8.51. The lowest BCUT2D eigenvalue weighted by Gasteiger charge is -2.08. The quantitative estimate of drug-likeness (QED) is 0.502. The number of nitrogens with one attached hydrogen (secondary N) is 1. The molecular weight excluding hydrogens is 314 g/mol. The number of esters is 1. The molecule has 0 aliphatic carbocycles. The van der Waals surface area contributed by atoms with Crippen LogP contribution in [0.5, 0.6) is 0 Å². The predicted molar refractivity (Wildman–Crippen MR) is 89.4 cm³/mol. The van der Waals surface area contributed by atoms with Gasteiger partial charge in [0.05, 0.1) is 5.69 Å². The molecular formula is C17H15NO4S. The Bertz CT molecular complexity index is 735. The molecule has 1 N–H and O–H groups in total. The second kappa shape index (κ2) is 8.05. The zero-order valence-corrected chi connectivity index (χ0v) is 13.3. The first-order valence-electron chi connectivity index (χ1n) is 6.83. The van der Waals surface area contributed by atoms with Gasteiger partial charge in [-0.05, 0) is 47.5 Å². The van der Waals surface area contributed by atoms with Crippen LogP contribution in [0.4, 0.5) is 5.69 Å². The normalized spacial score (nSPS) is 10.5. The summed E-state index contributed by atoms with van der Waals surface area (Å²) in [5.41, 5.74) is 1.70. The van der Waals surface area contributed by atoms with Gasteiger partial charge < -0.3 is 10.1 Å². The van der Waals surface area contributed by atoms with Gasteiger partial charge in [0.15, 0.2) is 12.4 Å². The van der Waals surface area contributed by atoms with Gasteiger partial charge in [0, 0.05) is 11.6 Å². The fraction of sp³-hybridized carbons (Fsp3) is 0.118. The molecule has 0 fully saturated rings. The molecule has 1 aromatic carbocycles. The Balaban J connectivity index is 1.86. The van der Waals surface area contributed by atoms with Crippen LogP contribution in [0.15, 0.2) is 47.2 Å². The van der Waals surface area contributed by atoms with Gasteiger partial charge in [-0.15, -0.1) is 0 Å². The third-order valence-corrected chi connectivity index (χ3v) is 3.58.